The highest BCUT2D eigenvalue weighted by Crippen LogP contribution is 2.27. The lowest BCUT2D eigenvalue weighted by Crippen LogP contribution is -1.90. The van der Waals surface area contributed by atoms with E-state index < -0.39 is 9.05 Å². The molecular formula is C8H5Cl2NO2S. The molecule has 1 N–H and O–H groups in total. The third kappa shape index (κ3) is 1.61. The molecule has 74 valence electrons. The second-order valence-electron chi connectivity index (χ2n) is 2.77. The van der Waals surface area contributed by atoms with Gasteiger partial charge in [0.15, 0.2) is 0 Å². The molecule has 0 bridgehead atoms. The van der Waals surface area contributed by atoms with Crippen molar-refractivity contribution in [1.82, 2.24) is 4.98 Å². The predicted octanol–water partition coefficient (Wildman–Crippen LogP) is 2.75. The highest BCUT2D eigenvalue weighted by Gasteiger charge is 2.14. The van der Waals surface area contributed by atoms with E-state index in [9.17, 15) is 8.42 Å². The van der Waals surface area contributed by atoms with Gasteiger partial charge < -0.3 is 4.98 Å². The molecule has 0 amide bonds. The molecule has 0 spiro atoms. The van der Waals surface area contributed by atoms with Crippen molar-refractivity contribution < 1.29 is 8.42 Å². The van der Waals surface area contributed by atoms with Crippen LogP contribution in [0.4, 0.5) is 0 Å². The van der Waals surface area contributed by atoms with Gasteiger partial charge in [0.25, 0.3) is 9.05 Å². The maximum absolute atomic E-state index is 11.2. The number of nitrogens with one attached hydrogen (secondary N) is 1. The molecule has 1 heterocycles. The second kappa shape index (κ2) is 3.15. The molecule has 14 heavy (non-hydrogen) atoms. The van der Waals surface area contributed by atoms with Gasteiger partial charge >= 0.3 is 0 Å². The Kier molecular flexibility index (Phi) is 2.21. The number of rotatable bonds is 1. The molecule has 0 fully saturated rings. The monoisotopic (exact) mass is 249 g/mol. The molecule has 6 heteroatoms. The van der Waals surface area contributed by atoms with E-state index in [2.05, 4.69) is 4.98 Å². The van der Waals surface area contributed by atoms with E-state index in [1.165, 1.54) is 12.1 Å². The molecule has 0 radical (unpaired) electrons. The molecule has 0 aliphatic carbocycles. The number of fused-ring (bicyclic) bond motifs is 1. The lowest BCUT2D eigenvalue weighted by molar-refractivity contribution is 0.610. The van der Waals surface area contributed by atoms with Gasteiger partial charge in [0.05, 0.1) is 4.90 Å². The van der Waals surface area contributed by atoms with Crippen molar-refractivity contribution in [2.24, 2.45) is 0 Å². The minimum absolute atomic E-state index is 0.0693. The molecule has 0 aliphatic heterocycles. The first-order valence-corrected chi connectivity index (χ1v) is 6.39. The van der Waals surface area contributed by atoms with Gasteiger partial charge in [-0.05, 0) is 18.2 Å². The van der Waals surface area contributed by atoms with Crippen LogP contribution in [0.3, 0.4) is 0 Å². The van der Waals surface area contributed by atoms with Crippen LogP contribution in [-0.2, 0) is 9.05 Å². The van der Waals surface area contributed by atoms with Crippen LogP contribution < -0.4 is 0 Å². The number of aromatic amines is 1. The van der Waals surface area contributed by atoms with E-state index in [1.807, 2.05) is 0 Å². The Hall–Kier alpha value is -0.710. The zero-order valence-corrected chi connectivity index (χ0v) is 9.12. The van der Waals surface area contributed by atoms with Crippen LogP contribution in [0.2, 0.25) is 5.15 Å². The summed E-state index contributed by atoms with van der Waals surface area (Å²) in [4.78, 5) is 2.88. The molecule has 0 aliphatic rings. The Labute approximate surface area is 90.1 Å². The second-order valence-corrected chi connectivity index (χ2v) is 5.71. The van der Waals surface area contributed by atoms with Gasteiger partial charge in [0.1, 0.15) is 5.15 Å². The van der Waals surface area contributed by atoms with Crippen molar-refractivity contribution in [3.05, 3.63) is 29.4 Å². The van der Waals surface area contributed by atoms with E-state index in [-0.39, 0.29) is 4.90 Å². The Balaban J connectivity index is 2.90. The summed E-state index contributed by atoms with van der Waals surface area (Å²) in [6.07, 6.45) is 0. The van der Waals surface area contributed by atoms with Crippen LogP contribution >= 0.6 is 22.3 Å². The molecule has 2 aromatic rings. The topological polar surface area (TPSA) is 49.9 Å². The van der Waals surface area contributed by atoms with Crippen molar-refractivity contribution in [2.45, 2.75) is 4.90 Å². The zero-order chi connectivity index (χ0) is 10.3. The zero-order valence-electron chi connectivity index (χ0n) is 6.79. The summed E-state index contributed by atoms with van der Waals surface area (Å²) in [5.74, 6) is 0. The molecule has 0 saturated heterocycles. The third-order valence-corrected chi connectivity index (χ3v) is 3.44. The molecule has 3 nitrogen and oxygen atoms in total. The van der Waals surface area contributed by atoms with E-state index in [1.54, 1.807) is 12.1 Å². The quantitative estimate of drug-likeness (QED) is 0.791. The number of hydrogen-bond acceptors (Lipinski definition) is 2. The number of halogens is 2. The van der Waals surface area contributed by atoms with Crippen LogP contribution in [0.1, 0.15) is 0 Å². The maximum atomic E-state index is 11.2. The van der Waals surface area contributed by atoms with Gasteiger partial charge in [-0.3, -0.25) is 0 Å². The van der Waals surface area contributed by atoms with Gasteiger partial charge in [-0.1, -0.05) is 17.7 Å². The SMILES string of the molecule is O=S(=O)(Cl)c1cccc2[nH]c(Cl)cc12. The van der Waals surface area contributed by atoms with Crippen LogP contribution in [0.5, 0.6) is 0 Å². The summed E-state index contributed by atoms with van der Waals surface area (Å²) in [5.41, 5.74) is 0.650. The highest BCUT2D eigenvalue weighted by molar-refractivity contribution is 8.14. The molecule has 1 aromatic carbocycles. The number of benzene rings is 1. The summed E-state index contributed by atoms with van der Waals surface area (Å²) >= 11 is 5.71. The highest BCUT2D eigenvalue weighted by atomic mass is 35.7. The first-order valence-electron chi connectivity index (χ1n) is 3.70. The largest absolute Gasteiger partial charge is 0.346 e. The van der Waals surface area contributed by atoms with Gasteiger partial charge in [0, 0.05) is 21.6 Å². The summed E-state index contributed by atoms with van der Waals surface area (Å²) < 4.78 is 22.3. The van der Waals surface area contributed by atoms with Gasteiger partial charge in [-0.2, -0.15) is 0 Å². The Morgan fingerprint density at radius 3 is 2.64 bits per heavy atom. The summed E-state index contributed by atoms with van der Waals surface area (Å²) in [7, 11) is 1.54. The van der Waals surface area contributed by atoms with Crippen molar-refractivity contribution >= 4 is 42.2 Å². The number of hydrogen-bond donors (Lipinski definition) is 1. The summed E-state index contributed by atoms with van der Waals surface area (Å²) in [5, 5.41) is 0.889. The minimum atomic E-state index is -3.72. The molecule has 0 saturated carbocycles. The minimum Gasteiger partial charge on any atom is -0.346 e. The fourth-order valence-corrected chi connectivity index (χ4v) is 2.59. The summed E-state index contributed by atoms with van der Waals surface area (Å²) in [6.45, 7) is 0. The lowest BCUT2D eigenvalue weighted by atomic mass is 10.2. The molecule has 2 rings (SSSR count). The fraction of sp³-hybridized carbons (Fsp3) is 0. The normalized spacial score (nSPS) is 12.1. The van der Waals surface area contributed by atoms with Gasteiger partial charge in [-0.15, -0.1) is 0 Å². The predicted molar refractivity (Wildman–Crippen MR) is 56.3 cm³/mol. The van der Waals surface area contributed by atoms with Crippen LogP contribution in [0, 0.1) is 0 Å². The standard InChI is InChI=1S/C8H5Cl2NO2S/c9-8-4-5-6(11-8)2-1-3-7(5)14(10,12)13/h1-4,11H. The van der Waals surface area contributed by atoms with E-state index in [0.29, 0.717) is 16.1 Å². The van der Waals surface area contributed by atoms with E-state index in [0.717, 1.165) is 0 Å². The first kappa shape index (κ1) is 9.83. The fourth-order valence-electron chi connectivity index (χ4n) is 1.31. The third-order valence-electron chi connectivity index (χ3n) is 1.85. The smallest absolute Gasteiger partial charge is 0.261 e. The van der Waals surface area contributed by atoms with E-state index in [4.69, 9.17) is 22.3 Å². The van der Waals surface area contributed by atoms with Gasteiger partial charge in [0.2, 0.25) is 0 Å². The Bertz CT molecular complexity index is 588. The number of H-pyrrole nitrogens is 1. The maximum Gasteiger partial charge on any atom is 0.261 e. The van der Waals surface area contributed by atoms with Crippen molar-refractivity contribution in [3.8, 4) is 0 Å². The summed E-state index contributed by atoms with van der Waals surface area (Å²) in [6, 6.07) is 6.30. The number of aromatic nitrogens is 1. The van der Waals surface area contributed by atoms with Crippen molar-refractivity contribution in [2.75, 3.05) is 0 Å². The molecular weight excluding hydrogens is 245 g/mol. The average Bonchev–Trinajstić information content (AvgIpc) is 2.41. The van der Waals surface area contributed by atoms with Crippen LogP contribution in [-0.4, -0.2) is 13.4 Å². The molecule has 0 unspecified atom stereocenters. The van der Waals surface area contributed by atoms with Crippen LogP contribution in [0.25, 0.3) is 10.9 Å². The molecule has 0 atom stereocenters. The lowest BCUT2D eigenvalue weighted by Gasteiger charge is -1.96. The first-order chi connectivity index (χ1) is 6.48. The Morgan fingerprint density at radius 1 is 1.29 bits per heavy atom. The van der Waals surface area contributed by atoms with Crippen molar-refractivity contribution in [1.29, 1.82) is 0 Å². The van der Waals surface area contributed by atoms with Gasteiger partial charge in [-0.25, -0.2) is 8.42 Å². The molecule has 1 aromatic heterocycles. The Morgan fingerprint density at radius 2 is 2.00 bits per heavy atom. The van der Waals surface area contributed by atoms with E-state index >= 15 is 0 Å². The average molecular weight is 250 g/mol. The van der Waals surface area contributed by atoms with Crippen LogP contribution in [0.15, 0.2) is 29.2 Å². The van der Waals surface area contributed by atoms with Crippen molar-refractivity contribution in [3.63, 3.8) is 0 Å².